The first-order valence-electron chi connectivity index (χ1n) is 3.80. The summed E-state index contributed by atoms with van der Waals surface area (Å²) >= 11 is 0. The van der Waals surface area contributed by atoms with Gasteiger partial charge in [-0.3, -0.25) is 0 Å². The molecule has 0 radical (unpaired) electrons. The van der Waals surface area contributed by atoms with Gasteiger partial charge in [0.15, 0.2) is 0 Å². The maximum Gasteiger partial charge on any atom is 0.328 e. The van der Waals surface area contributed by atoms with Gasteiger partial charge < -0.3 is 0 Å². The lowest BCUT2D eigenvalue weighted by Gasteiger charge is -2.00. The summed E-state index contributed by atoms with van der Waals surface area (Å²) in [7, 11) is -6.69. The first-order chi connectivity index (χ1) is 6.92. The Kier molecular flexibility index (Phi) is 3.56. The molecule has 0 aliphatic carbocycles. The minimum atomic E-state index is -3.88. The summed E-state index contributed by atoms with van der Waals surface area (Å²) in [6.07, 6.45) is 0. The number of sulfonamides is 1. The third-order valence-corrected chi connectivity index (χ3v) is 3.14. The van der Waals surface area contributed by atoms with Crippen molar-refractivity contribution in [3.8, 4) is 0 Å². The maximum absolute atomic E-state index is 11.4. The van der Waals surface area contributed by atoms with Crippen molar-refractivity contribution in [3.05, 3.63) is 29.8 Å². The van der Waals surface area contributed by atoms with E-state index < -0.39 is 20.5 Å². The molecule has 0 heterocycles. The highest BCUT2D eigenvalue weighted by Crippen LogP contribution is 2.09. The van der Waals surface area contributed by atoms with Crippen molar-refractivity contribution in [2.45, 2.75) is 11.8 Å². The van der Waals surface area contributed by atoms with Gasteiger partial charge in [-0.1, -0.05) is 27.0 Å². The molecule has 0 aliphatic rings. The van der Waals surface area contributed by atoms with Gasteiger partial charge in [-0.2, -0.15) is 8.42 Å². The number of benzene rings is 1. The highest BCUT2D eigenvalue weighted by atomic mass is 32.2. The summed E-state index contributed by atoms with van der Waals surface area (Å²) in [6, 6.07) is 5.92. The van der Waals surface area contributed by atoms with E-state index >= 15 is 0 Å². The highest BCUT2D eigenvalue weighted by molar-refractivity contribution is 7.89. The van der Waals surface area contributed by atoms with Crippen LogP contribution in [0.3, 0.4) is 0 Å². The van der Waals surface area contributed by atoms with Crippen LogP contribution < -0.4 is 4.83 Å². The summed E-state index contributed by atoms with van der Waals surface area (Å²) in [5.41, 5.74) is 0.901. The second-order valence-corrected chi connectivity index (χ2v) is 4.99. The fraction of sp³-hybridized carbons (Fsp3) is 0.143. The van der Waals surface area contributed by atoms with Gasteiger partial charge in [0.25, 0.3) is 10.0 Å². The van der Waals surface area contributed by atoms with Gasteiger partial charge in [0, 0.05) is 0 Å². The van der Waals surface area contributed by atoms with Gasteiger partial charge >= 0.3 is 10.5 Å². The van der Waals surface area contributed by atoms with Crippen molar-refractivity contribution in [2.24, 2.45) is 4.47 Å². The molecule has 0 saturated carbocycles. The number of hydrogen-bond acceptors (Lipinski definition) is 5. The van der Waals surface area contributed by atoms with Crippen LogP contribution in [0, 0.1) is 6.92 Å². The Hall–Kier alpha value is -1.25. The Bertz CT molecular complexity index is 564. The fourth-order valence-electron chi connectivity index (χ4n) is 0.850. The molecule has 0 fully saturated rings. The fourth-order valence-corrected chi connectivity index (χ4v) is 2.09. The van der Waals surface area contributed by atoms with Crippen molar-refractivity contribution in [1.82, 2.24) is 4.83 Å². The molecule has 8 heteroatoms. The monoisotopic (exact) mass is 248 g/mol. The molecule has 0 bridgehead atoms. The first-order valence-corrected chi connectivity index (χ1v) is 6.32. The Morgan fingerprint density at radius 1 is 1.20 bits per heavy atom. The summed E-state index contributed by atoms with van der Waals surface area (Å²) in [4.78, 5) is 1.54. The zero-order chi connectivity index (χ0) is 11.5. The molecule has 82 valence electrons. The SMILES string of the molecule is Cc1ccc(S(=O)(=O)NN=S(=O)=O)cc1. The van der Waals surface area contributed by atoms with Crippen LogP contribution in [-0.2, 0) is 20.5 Å². The van der Waals surface area contributed by atoms with E-state index in [1.807, 2.05) is 0 Å². The zero-order valence-electron chi connectivity index (χ0n) is 7.71. The molecule has 1 N–H and O–H groups in total. The maximum atomic E-state index is 11.4. The second-order valence-electron chi connectivity index (χ2n) is 2.72. The number of rotatable bonds is 3. The molecule has 6 nitrogen and oxygen atoms in total. The molecule has 1 rings (SSSR count). The number of nitrogens with one attached hydrogen (secondary N) is 1. The highest BCUT2D eigenvalue weighted by Gasteiger charge is 2.12. The average molecular weight is 248 g/mol. The Morgan fingerprint density at radius 2 is 1.73 bits per heavy atom. The van der Waals surface area contributed by atoms with E-state index in [0.29, 0.717) is 0 Å². The van der Waals surface area contributed by atoms with Crippen LogP contribution in [0.5, 0.6) is 0 Å². The van der Waals surface area contributed by atoms with Crippen molar-refractivity contribution in [3.63, 3.8) is 0 Å². The van der Waals surface area contributed by atoms with Crippen molar-refractivity contribution in [1.29, 1.82) is 0 Å². The molecule has 0 spiro atoms. The molecule has 0 saturated heterocycles. The van der Waals surface area contributed by atoms with Gasteiger partial charge in [-0.05, 0) is 19.1 Å². The molecule has 1 aromatic carbocycles. The normalized spacial score (nSPS) is 11.0. The second kappa shape index (κ2) is 4.51. The number of hydrogen-bond donors (Lipinski definition) is 1. The number of nitrogens with zero attached hydrogens (tertiary/aromatic N) is 1. The van der Waals surface area contributed by atoms with E-state index in [9.17, 15) is 16.8 Å². The van der Waals surface area contributed by atoms with E-state index in [4.69, 9.17) is 0 Å². The topological polar surface area (TPSA) is 92.7 Å². The summed E-state index contributed by atoms with van der Waals surface area (Å²) < 4.78 is 45.5. The third-order valence-electron chi connectivity index (χ3n) is 1.56. The van der Waals surface area contributed by atoms with Gasteiger partial charge in [0.1, 0.15) is 0 Å². The zero-order valence-corrected chi connectivity index (χ0v) is 9.34. The van der Waals surface area contributed by atoms with Crippen LogP contribution >= 0.6 is 0 Å². The first kappa shape index (κ1) is 11.8. The lowest BCUT2D eigenvalue weighted by atomic mass is 10.2. The Labute approximate surface area is 88.7 Å². The van der Waals surface area contributed by atoms with Crippen LogP contribution in [-0.4, -0.2) is 16.8 Å². The van der Waals surface area contributed by atoms with E-state index in [-0.39, 0.29) is 4.90 Å². The molecule has 0 atom stereocenters. The lowest BCUT2D eigenvalue weighted by Crippen LogP contribution is -2.17. The van der Waals surface area contributed by atoms with Gasteiger partial charge in [0.2, 0.25) is 0 Å². The summed E-state index contributed by atoms with van der Waals surface area (Å²) in [5.74, 6) is 0. The summed E-state index contributed by atoms with van der Waals surface area (Å²) in [6.45, 7) is 1.81. The number of aryl methyl sites for hydroxylation is 1. The van der Waals surface area contributed by atoms with Gasteiger partial charge in [-0.25, -0.2) is 8.42 Å². The summed E-state index contributed by atoms with van der Waals surface area (Å²) in [5, 5.41) is 0. The minimum absolute atomic E-state index is 0.0395. The molecule has 0 aliphatic heterocycles. The predicted molar refractivity (Wildman–Crippen MR) is 52.8 cm³/mol. The largest absolute Gasteiger partial charge is 0.328 e. The third kappa shape index (κ3) is 3.42. The lowest BCUT2D eigenvalue weighted by molar-refractivity contribution is 0.581. The van der Waals surface area contributed by atoms with E-state index in [0.717, 1.165) is 5.56 Å². The molecule has 0 amide bonds. The van der Waals surface area contributed by atoms with Crippen LogP contribution in [0.1, 0.15) is 5.56 Å². The molecular weight excluding hydrogens is 240 g/mol. The Balaban J connectivity index is 3.07. The smallest absolute Gasteiger partial charge is 0.205 e. The van der Waals surface area contributed by atoms with E-state index in [2.05, 4.69) is 4.47 Å². The van der Waals surface area contributed by atoms with Crippen molar-refractivity contribution in [2.75, 3.05) is 0 Å². The van der Waals surface area contributed by atoms with Gasteiger partial charge in [0.05, 0.1) is 4.90 Å². The van der Waals surface area contributed by atoms with Crippen LogP contribution in [0.2, 0.25) is 0 Å². The predicted octanol–water partition coefficient (Wildman–Crippen LogP) is 0.251. The van der Waals surface area contributed by atoms with E-state index in [1.54, 1.807) is 23.9 Å². The quantitative estimate of drug-likeness (QED) is 0.776. The van der Waals surface area contributed by atoms with Crippen LogP contribution in [0.25, 0.3) is 0 Å². The Morgan fingerprint density at radius 3 is 2.20 bits per heavy atom. The molecule has 0 unspecified atom stereocenters. The van der Waals surface area contributed by atoms with Gasteiger partial charge in [-0.15, -0.1) is 0 Å². The molecule has 15 heavy (non-hydrogen) atoms. The standard InChI is InChI=1S/C7H8N2O4S2/c1-6-2-4-7(5-3-6)15(12,13)9-8-14(10)11/h2-5,9H,1H3. The van der Waals surface area contributed by atoms with Crippen LogP contribution in [0.15, 0.2) is 33.6 Å². The van der Waals surface area contributed by atoms with Crippen molar-refractivity contribution < 1.29 is 16.8 Å². The van der Waals surface area contributed by atoms with Crippen molar-refractivity contribution >= 4 is 20.5 Å². The average Bonchev–Trinajstić information content (AvgIpc) is 2.16. The molecular formula is C7H8N2O4S2. The molecule has 0 aromatic heterocycles. The molecule has 1 aromatic rings. The van der Waals surface area contributed by atoms with Crippen LogP contribution in [0.4, 0.5) is 0 Å². The minimum Gasteiger partial charge on any atom is -0.205 e. The van der Waals surface area contributed by atoms with E-state index in [1.165, 1.54) is 12.1 Å².